The smallest absolute Gasteiger partial charge is 0.243 e. The van der Waals surface area contributed by atoms with Gasteiger partial charge in [-0.05, 0) is 31.1 Å². The fraction of sp³-hybridized carbons (Fsp3) is 0.414. The Morgan fingerprint density at radius 3 is 2.49 bits per heavy atom. The number of halogens is 2. The van der Waals surface area contributed by atoms with Crippen molar-refractivity contribution in [2.24, 2.45) is 0 Å². The van der Waals surface area contributed by atoms with Crippen LogP contribution in [0, 0.1) is 0 Å². The third-order valence-corrected chi connectivity index (χ3v) is 8.45. The molecule has 2 atom stereocenters. The maximum atomic E-state index is 12.0. The minimum absolute atomic E-state index is 0.119. The van der Waals surface area contributed by atoms with E-state index in [2.05, 4.69) is 16.8 Å². The summed E-state index contributed by atoms with van der Waals surface area (Å²) in [5.41, 5.74) is 1.04. The molecule has 0 aliphatic carbocycles. The number of rotatable bonds is 8. The number of carbonyl (C=O) groups excluding carboxylic acids is 1. The number of hydrogen-bond acceptors (Lipinski definition) is 9. The van der Waals surface area contributed by atoms with E-state index < -0.39 is 0 Å². The number of nitrogens with one attached hydrogen (secondary N) is 1. The predicted octanol–water partition coefficient (Wildman–Crippen LogP) is 4.09. The Labute approximate surface area is 248 Å². The van der Waals surface area contributed by atoms with Crippen molar-refractivity contribution in [2.75, 3.05) is 57.4 Å². The molecule has 2 N–H and O–H groups in total. The molecular weight excluding hydrogens is 569 g/mol. The predicted molar refractivity (Wildman–Crippen MR) is 161 cm³/mol. The summed E-state index contributed by atoms with van der Waals surface area (Å²) in [4.78, 5) is 26.0. The Morgan fingerprint density at radius 1 is 1.17 bits per heavy atom. The molecule has 2 aliphatic rings. The van der Waals surface area contributed by atoms with Gasteiger partial charge in [0.2, 0.25) is 5.91 Å². The first-order valence-corrected chi connectivity index (χ1v) is 14.1. The van der Waals surface area contributed by atoms with Gasteiger partial charge in [-0.3, -0.25) is 4.79 Å². The van der Waals surface area contributed by atoms with Gasteiger partial charge >= 0.3 is 0 Å². The second-order valence-corrected chi connectivity index (χ2v) is 10.9. The number of pyridine rings is 2. The molecule has 0 radical (unpaired) electrons. The third-order valence-electron chi connectivity index (χ3n) is 7.70. The van der Waals surface area contributed by atoms with Crippen molar-refractivity contribution < 1.29 is 24.1 Å². The van der Waals surface area contributed by atoms with Gasteiger partial charge in [-0.15, -0.1) is 0 Å². The van der Waals surface area contributed by atoms with E-state index >= 15 is 0 Å². The molecule has 2 aliphatic heterocycles. The van der Waals surface area contributed by atoms with Gasteiger partial charge in [0, 0.05) is 48.7 Å². The van der Waals surface area contributed by atoms with Gasteiger partial charge in [0.25, 0.3) is 0 Å². The number of benzene rings is 1. The Hall–Kier alpha value is -3.31. The van der Waals surface area contributed by atoms with Crippen molar-refractivity contribution in [3.05, 3.63) is 47.1 Å². The van der Waals surface area contributed by atoms with Crippen LogP contribution >= 0.6 is 23.2 Å². The number of aliphatic hydroxyl groups is 1. The average Bonchev–Trinajstić information content (AvgIpc) is 3.44. The lowest BCUT2D eigenvalue weighted by Gasteiger charge is -2.32. The second-order valence-electron chi connectivity index (χ2n) is 10.1. The Balaban J connectivity index is 1.62. The van der Waals surface area contributed by atoms with Crippen LogP contribution in [0.2, 0.25) is 10.0 Å². The number of anilines is 2. The van der Waals surface area contributed by atoms with Crippen LogP contribution in [0.3, 0.4) is 0 Å². The minimum Gasteiger partial charge on any atom is -0.495 e. The van der Waals surface area contributed by atoms with Crippen molar-refractivity contribution in [1.29, 1.82) is 0 Å². The first kappa shape index (κ1) is 29.2. The molecule has 4 heterocycles. The van der Waals surface area contributed by atoms with E-state index in [-0.39, 0.29) is 24.1 Å². The van der Waals surface area contributed by atoms with Gasteiger partial charge in [0.15, 0.2) is 0 Å². The number of methoxy groups -OCH3 is 2. The number of hydrogen-bond donors (Lipinski definition) is 2. The molecule has 41 heavy (non-hydrogen) atoms. The number of aliphatic hydroxyl groups excluding tert-OH is 1. The van der Waals surface area contributed by atoms with Crippen molar-refractivity contribution in [3.8, 4) is 22.8 Å². The van der Waals surface area contributed by atoms with Gasteiger partial charge in [0.1, 0.15) is 23.1 Å². The SMILES string of the molecule is C=CC(=O)N[C@H]1COC[C@H]1N(C)c1cc2c(N3CCC(O)CC3)nc(-c3c(Cl)c(OC)cc(OC)c3Cl)cc2cn1. The van der Waals surface area contributed by atoms with Crippen LogP contribution in [0.15, 0.2) is 37.1 Å². The van der Waals surface area contributed by atoms with E-state index in [1.807, 2.05) is 24.1 Å². The second kappa shape index (κ2) is 12.3. The summed E-state index contributed by atoms with van der Waals surface area (Å²) < 4.78 is 16.7. The largest absolute Gasteiger partial charge is 0.495 e. The van der Waals surface area contributed by atoms with Crippen LogP contribution in [0.5, 0.6) is 11.5 Å². The van der Waals surface area contributed by atoms with Gasteiger partial charge in [-0.25, -0.2) is 9.97 Å². The van der Waals surface area contributed by atoms with Gasteiger partial charge in [0.05, 0.1) is 61.4 Å². The number of piperidine rings is 1. The number of likely N-dealkylation sites (N-methyl/N-ethyl adjacent to an activating group) is 1. The maximum absolute atomic E-state index is 12.0. The first-order valence-electron chi connectivity index (χ1n) is 13.3. The zero-order valence-corrected chi connectivity index (χ0v) is 24.7. The van der Waals surface area contributed by atoms with Crippen LogP contribution in [0.1, 0.15) is 12.8 Å². The fourth-order valence-electron chi connectivity index (χ4n) is 5.34. The van der Waals surface area contributed by atoms with Crippen LogP contribution in [0.4, 0.5) is 11.6 Å². The molecule has 2 saturated heterocycles. The van der Waals surface area contributed by atoms with Gasteiger partial charge in [-0.1, -0.05) is 29.8 Å². The van der Waals surface area contributed by atoms with Crippen molar-refractivity contribution >= 4 is 51.5 Å². The van der Waals surface area contributed by atoms with Crippen LogP contribution < -0.4 is 24.6 Å². The molecular formula is C29H33Cl2N5O5. The van der Waals surface area contributed by atoms with E-state index in [0.29, 0.717) is 77.8 Å². The molecule has 0 spiro atoms. The summed E-state index contributed by atoms with van der Waals surface area (Å²) in [5, 5.41) is 15.5. The number of amides is 1. The molecule has 0 bridgehead atoms. The topological polar surface area (TPSA) is 109 Å². The highest BCUT2D eigenvalue weighted by Gasteiger charge is 2.33. The Bertz CT molecular complexity index is 1440. The highest BCUT2D eigenvalue weighted by molar-refractivity contribution is 6.41. The number of aromatic nitrogens is 2. The third kappa shape index (κ3) is 5.74. The number of nitrogens with zero attached hydrogens (tertiary/aromatic N) is 4. The Morgan fingerprint density at radius 2 is 1.85 bits per heavy atom. The summed E-state index contributed by atoms with van der Waals surface area (Å²) in [6.07, 6.45) is 3.96. The molecule has 218 valence electrons. The molecule has 10 nitrogen and oxygen atoms in total. The molecule has 12 heteroatoms. The average molecular weight is 603 g/mol. The summed E-state index contributed by atoms with van der Waals surface area (Å²) >= 11 is 13.5. The van der Waals surface area contributed by atoms with E-state index in [1.54, 1.807) is 12.3 Å². The Kier molecular flexibility index (Phi) is 8.74. The zero-order chi connectivity index (χ0) is 29.3. The van der Waals surface area contributed by atoms with Gasteiger partial charge < -0.3 is 34.4 Å². The van der Waals surface area contributed by atoms with E-state index in [0.717, 1.165) is 16.6 Å². The lowest BCUT2D eigenvalue weighted by Crippen LogP contribution is -2.49. The molecule has 0 saturated carbocycles. The summed E-state index contributed by atoms with van der Waals surface area (Å²) in [7, 11) is 4.99. The van der Waals surface area contributed by atoms with Crippen molar-refractivity contribution in [1.82, 2.24) is 15.3 Å². The lowest BCUT2D eigenvalue weighted by atomic mass is 10.0. The number of carbonyl (C=O) groups is 1. The van der Waals surface area contributed by atoms with Crippen molar-refractivity contribution in [3.63, 3.8) is 0 Å². The summed E-state index contributed by atoms with van der Waals surface area (Å²) in [6.45, 7) is 5.66. The molecule has 2 aromatic heterocycles. The van der Waals surface area contributed by atoms with E-state index in [9.17, 15) is 9.90 Å². The normalized spacial score (nSPS) is 19.3. The van der Waals surface area contributed by atoms with E-state index in [1.165, 1.54) is 20.3 Å². The molecule has 3 aromatic rings. The molecule has 1 amide bonds. The van der Waals surface area contributed by atoms with Crippen molar-refractivity contribution in [2.45, 2.75) is 31.0 Å². The standard InChI is InChI=1S/C29H33Cl2N5O5/c1-5-25(38)33-20-14-41-15-21(20)35(2)24-11-18-16(13-32-24)10-19(34-29(18)36-8-6-17(37)7-9-36)26-27(30)22(39-3)12-23(40-4)28(26)31/h5,10-13,17,20-21,37H,1,6-9,14-15H2,2-4H3,(H,33,38)/t20-,21+/m0/s1. The quantitative estimate of drug-likeness (QED) is 0.369. The van der Waals surface area contributed by atoms with Crippen LogP contribution in [-0.4, -0.2) is 86.7 Å². The number of ether oxygens (including phenoxy) is 3. The van der Waals surface area contributed by atoms with E-state index in [4.69, 9.17) is 47.4 Å². The summed E-state index contributed by atoms with van der Waals surface area (Å²) in [6, 6.07) is 5.20. The fourth-order valence-corrected chi connectivity index (χ4v) is 6.04. The zero-order valence-electron chi connectivity index (χ0n) is 23.2. The lowest BCUT2D eigenvalue weighted by molar-refractivity contribution is -0.117. The molecule has 2 fully saturated rings. The van der Waals surface area contributed by atoms with Crippen LogP contribution in [0.25, 0.3) is 22.0 Å². The highest BCUT2D eigenvalue weighted by Crippen LogP contribution is 2.46. The van der Waals surface area contributed by atoms with Crippen LogP contribution in [-0.2, 0) is 9.53 Å². The van der Waals surface area contributed by atoms with Gasteiger partial charge in [-0.2, -0.15) is 0 Å². The highest BCUT2D eigenvalue weighted by atomic mass is 35.5. The molecule has 5 rings (SSSR count). The summed E-state index contributed by atoms with van der Waals surface area (Å²) in [5.74, 6) is 2.02. The molecule has 0 unspecified atom stereocenters. The monoisotopic (exact) mass is 601 g/mol. The molecule has 1 aromatic carbocycles. The minimum atomic E-state index is -0.347. The first-order chi connectivity index (χ1) is 19.7. The maximum Gasteiger partial charge on any atom is 0.243 e. The number of fused-ring (bicyclic) bond motifs is 1.